The average molecular weight is 409 g/mol. The first-order chi connectivity index (χ1) is 12.4. The van der Waals surface area contributed by atoms with Gasteiger partial charge in [-0.25, -0.2) is 8.42 Å². The number of nitro groups is 1. The zero-order chi connectivity index (χ0) is 20.4. The number of sulfone groups is 1. The molecule has 1 amide bonds. The highest BCUT2D eigenvalue weighted by atomic mass is 32.2. The standard InChI is InChI=1S/C15H18F3N3O5S/c1-27(25,26)12-6-2-5-11(13(12)21(23)24)20-7-3-4-10(8-20)14(22)19-9-15(16,17)18/h2,5-6,10H,3-4,7-9H2,1H3,(H,19,22). The number of carbonyl (C=O) groups excluding carboxylic acids is 1. The molecule has 8 nitrogen and oxygen atoms in total. The van der Waals surface area contributed by atoms with E-state index >= 15 is 0 Å². The van der Waals surface area contributed by atoms with E-state index in [0.29, 0.717) is 19.4 Å². The Balaban J connectivity index is 2.28. The molecule has 1 aromatic rings. The quantitative estimate of drug-likeness (QED) is 0.588. The predicted molar refractivity (Wildman–Crippen MR) is 90.2 cm³/mol. The van der Waals surface area contributed by atoms with Gasteiger partial charge in [-0.15, -0.1) is 0 Å². The molecule has 0 aromatic heterocycles. The summed E-state index contributed by atoms with van der Waals surface area (Å²) >= 11 is 0. The summed E-state index contributed by atoms with van der Waals surface area (Å²) in [6, 6.07) is 3.84. The summed E-state index contributed by atoms with van der Waals surface area (Å²) in [6.45, 7) is -1.18. The maximum Gasteiger partial charge on any atom is 0.405 e. The molecule has 2 rings (SSSR count). The Morgan fingerprint density at radius 1 is 1.41 bits per heavy atom. The van der Waals surface area contributed by atoms with Gasteiger partial charge in [-0.05, 0) is 25.0 Å². The summed E-state index contributed by atoms with van der Waals surface area (Å²) in [6.07, 6.45) is -2.93. The summed E-state index contributed by atoms with van der Waals surface area (Å²) in [5.41, 5.74) is -0.576. The first-order valence-electron chi connectivity index (χ1n) is 7.97. The minimum Gasteiger partial charge on any atom is -0.365 e. The van der Waals surface area contributed by atoms with Gasteiger partial charge in [0.15, 0.2) is 9.84 Å². The number of carbonyl (C=O) groups is 1. The molecule has 1 atom stereocenters. The first kappa shape index (κ1) is 20.9. The van der Waals surface area contributed by atoms with Gasteiger partial charge in [-0.2, -0.15) is 13.2 Å². The van der Waals surface area contributed by atoms with Crippen LogP contribution in [0.15, 0.2) is 23.1 Å². The molecule has 0 spiro atoms. The Morgan fingerprint density at radius 3 is 2.63 bits per heavy atom. The zero-order valence-electron chi connectivity index (χ0n) is 14.3. The van der Waals surface area contributed by atoms with E-state index in [1.54, 1.807) is 0 Å². The summed E-state index contributed by atoms with van der Waals surface area (Å²) in [5.74, 6) is -1.58. The third-order valence-electron chi connectivity index (χ3n) is 4.16. The van der Waals surface area contributed by atoms with E-state index in [1.807, 2.05) is 5.32 Å². The van der Waals surface area contributed by atoms with E-state index in [4.69, 9.17) is 0 Å². The maximum absolute atomic E-state index is 12.3. The highest BCUT2D eigenvalue weighted by molar-refractivity contribution is 7.90. The molecule has 0 radical (unpaired) electrons. The van der Waals surface area contributed by atoms with Gasteiger partial charge in [0.1, 0.15) is 17.1 Å². The molecule has 0 saturated carbocycles. The van der Waals surface area contributed by atoms with Crippen LogP contribution in [0.5, 0.6) is 0 Å². The van der Waals surface area contributed by atoms with Crippen LogP contribution in [-0.2, 0) is 14.6 Å². The smallest absolute Gasteiger partial charge is 0.365 e. The number of nitrogens with zero attached hydrogens (tertiary/aromatic N) is 2. The minimum atomic E-state index is -4.54. The monoisotopic (exact) mass is 409 g/mol. The number of rotatable bonds is 5. The average Bonchev–Trinajstić information content (AvgIpc) is 2.57. The van der Waals surface area contributed by atoms with Crippen molar-refractivity contribution in [2.45, 2.75) is 23.9 Å². The number of piperidine rings is 1. The normalized spacial score (nSPS) is 18.2. The lowest BCUT2D eigenvalue weighted by Crippen LogP contribution is -2.45. The number of hydrogen-bond donors (Lipinski definition) is 1. The van der Waals surface area contributed by atoms with Crippen molar-refractivity contribution < 1.29 is 31.3 Å². The van der Waals surface area contributed by atoms with E-state index in [9.17, 15) is 36.5 Å². The number of nitro benzene ring substituents is 1. The molecular formula is C15H18F3N3O5S. The second-order valence-corrected chi connectivity index (χ2v) is 8.26. The molecule has 1 aliphatic rings. The van der Waals surface area contributed by atoms with Crippen LogP contribution in [0, 0.1) is 16.0 Å². The molecule has 1 aromatic carbocycles. The number of amides is 1. The van der Waals surface area contributed by atoms with Gasteiger partial charge in [0.25, 0.3) is 0 Å². The summed E-state index contributed by atoms with van der Waals surface area (Å²) in [7, 11) is -3.87. The van der Waals surface area contributed by atoms with Crippen LogP contribution >= 0.6 is 0 Å². The third kappa shape index (κ3) is 5.31. The van der Waals surface area contributed by atoms with Crippen LogP contribution in [0.2, 0.25) is 0 Å². The van der Waals surface area contributed by atoms with Gasteiger partial charge in [-0.3, -0.25) is 14.9 Å². The molecule has 150 valence electrons. The van der Waals surface area contributed by atoms with Gasteiger partial charge in [0.05, 0.1) is 10.8 Å². The number of anilines is 1. The van der Waals surface area contributed by atoms with Crippen LogP contribution < -0.4 is 10.2 Å². The number of hydrogen-bond acceptors (Lipinski definition) is 6. The van der Waals surface area contributed by atoms with E-state index in [0.717, 1.165) is 12.3 Å². The van der Waals surface area contributed by atoms with E-state index in [-0.39, 0.29) is 12.2 Å². The van der Waals surface area contributed by atoms with Crippen LogP contribution in [0.1, 0.15) is 12.8 Å². The summed E-state index contributed by atoms with van der Waals surface area (Å²) in [4.78, 5) is 23.7. The highest BCUT2D eigenvalue weighted by Gasteiger charge is 2.34. The number of halogens is 3. The molecule has 27 heavy (non-hydrogen) atoms. The van der Waals surface area contributed by atoms with Crippen LogP contribution in [0.4, 0.5) is 24.5 Å². The Morgan fingerprint density at radius 2 is 2.07 bits per heavy atom. The van der Waals surface area contributed by atoms with Gasteiger partial charge >= 0.3 is 11.9 Å². The molecule has 1 unspecified atom stereocenters. The van der Waals surface area contributed by atoms with Crippen molar-refractivity contribution >= 4 is 27.1 Å². The maximum atomic E-state index is 12.3. The van der Waals surface area contributed by atoms with E-state index < -0.39 is 49.9 Å². The van der Waals surface area contributed by atoms with Crippen LogP contribution in [-0.4, -0.2) is 51.3 Å². The SMILES string of the molecule is CS(=O)(=O)c1cccc(N2CCCC(C(=O)NCC(F)(F)F)C2)c1[N+](=O)[O-]. The number of nitrogens with one attached hydrogen (secondary N) is 1. The molecule has 1 saturated heterocycles. The van der Waals surface area contributed by atoms with Gasteiger partial charge in [-0.1, -0.05) is 6.07 Å². The molecule has 1 fully saturated rings. The van der Waals surface area contributed by atoms with E-state index in [2.05, 4.69) is 0 Å². The molecule has 0 aliphatic carbocycles. The zero-order valence-corrected chi connectivity index (χ0v) is 15.1. The second kappa shape index (κ2) is 7.71. The Labute approximate surface area is 153 Å². The van der Waals surface area contributed by atoms with Gasteiger partial charge < -0.3 is 10.2 Å². The number of benzene rings is 1. The largest absolute Gasteiger partial charge is 0.405 e. The van der Waals surface area contributed by atoms with Crippen molar-refractivity contribution in [1.82, 2.24) is 5.32 Å². The summed E-state index contributed by atoms with van der Waals surface area (Å²) in [5, 5.41) is 13.3. The highest BCUT2D eigenvalue weighted by Crippen LogP contribution is 2.36. The first-order valence-corrected chi connectivity index (χ1v) is 9.86. The van der Waals surface area contributed by atoms with Crippen molar-refractivity contribution in [2.75, 3.05) is 30.8 Å². The predicted octanol–water partition coefficient (Wildman–Crippen LogP) is 1.89. The fourth-order valence-electron chi connectivity index (χ4n) is 2.99. The molecule has 1 N–H and O–H groups in total. The lowest BCUT2D eigenvalue weighted by atomic mass is 9.96. The van der Waals surface area contributed by atoms with Crippen molar-refractivity contribution in [1.29, 1.82) is 0 Å². The van der Waals surface area contributed by atoms with Crippen molar-refractivity contribution in [3.8, 4) is 0 Å². The van der Waals surface area contributed by atoms with Crippen molar-refractivity contribution in [3.05, 3.63) is 28.3 Å². The van der Waals surface area contributed by atoms with Crippen LogP contribution in [0.25, 0.3) is 0 Å². The Hall–Kier alpha value is -2.37. The van der Waals surface area contributed by atoms with Gasteiger partial charge in [0, 0.05) is 19.3 Å². The molecule has 1 heterocycles. The van der Waals surface area contributed by atoms with Crippen LogP contribution in [0.3, 0.4) is 0 Å². The fraction of sp³-hybridized carbons (Fsp3) is 0.533. The second-order valence-electron chi connectivity index (χ2n) is 6.27. The minimum absolute atomic E-state index is 0.0243. The lowest BCUT2D eigenvalue weighted by molar-refractivity contribution is -0.387. The van der Waals surface area contributed by atoms with Gasteiger partial charge in [0.2, 0.25) is 5.91 Å². The van der Waals surface area contributed by atoms with Crippen molar-refractivity contribution in [2.24, 2.45) is 5.92 Å². The van der Waals surface area contributed by atoms with Crippen molar-refractivity contribution in [3.63, 3.8) is 0 Å². The van der Waals surface area contributed by atoms with E-state index in [1.165, 1.54) is 17.0 Å². The number of para-hydroxylation sites is 1. The molecule has 12 heteroatoms. The number of alkyl halides is 3. The molecular weight excluding hydrogens is 391 g/mol. The Kier molecular flexibility index (Phi) is 5.97. The third-order valence-corrected chi connectivity index (χ3v) is 5.28. The Bertz CT molecular complexity index is 842. The fourth-order valence-corrected chi connectivity index (χ4v) is 3.85. The lowest BCUT2D eigenvalue weighted by Gasteiger charge is -2.33. The molecule has 1 aliphatic heterocycles. The topological polar surface area (TPSA) is 110 Å². The summed E-state index contributed by atoms with van der Waals surface area (Å²) < 4.78 is 60.5. The molecule has 0 bridgehead atoms.